The lowest BCUT2D eigenvalue weighted by molar-refractivity contribution is -0.144. The molecule has 1 aromatic heterocycles. The minimum absolute atomic E-state index is 0.00655. The van der Waals surface area contributed by atoms with Crippen LogP contribution in [0.25, 0.3) is 0 Å². The van der Waals surface area contributed by atoms with Crippen LogP contribution in [-0.2, 0) is 6.18 Å². The molecular formula is C12H9BrF4N4. The molecule has 0 amide bonds. The molecule has 1 aromatic carbocycles. The van der Waals surface area contributed by atoms with Crippen molar-refractivity contribution in [3.8, 4) is 0 Å². The molecule has 4 nitrogen and oxygen atoms in total. The van der Waals surface area contributed by atoms with Crippen LogP contribution in [0.5, 0.6) is 0 Å². The minimum Gasteiger partial charge on any atom is -0.373 e. The van der Waals surface area contributed by atoms with Crippen LogP contribution in [-0.4, -0.2) is 17.0 Å². The van der Waals surface area contributed by atoms with Gasteiger partial charge in [-0.05, 0) is 18.2 Å². The van der Waals surface area contributed by atoms with E-state index in [4.69, 9.17) is 0 Å². The Kier molecular flexibility index (Phi) is 4.31. The first-order valence-corrected chi connectivity index (χ1v) is 6.45. The topological polar surface area (TPSA) is 49.8 Å². The summed E-state index contributed by atoms with van der Waals surface area (Å²) in [7, 11) is 1.42. The van der Waals surface area contributed by atoms with Crippen molar-refractivity contribution in [2.75, 3.05) is 17.7 Å². The molecule has 0 unspecified atom stereocenters. The predicted molar refractivity (Wildman–Crippen MR) is 74.0 cm³/mol. The highest BCUT2D eigenvalue weighted by molar-refractivity contribution is 9.10. The summed E-state index contributed by atoms with van der Waals surface area (Å²) in [5.41, 5.74) is 0.00655. The number of rotatable bonds is 3. The van der Waals surface area contributed by atoms with Gasteiger partial charge in [-0.2, -0.15) is 13.2 Å². The molecular weight excluding hydrogens is 356 g/mol. The molecule has 9 heteroatoms. The van der Waals surface area contributed by atoms with Crippen LogP contribution in [0.15, 0.2) is 28.7 Å². The molecule has 0 spiro atoms. The molecule has 2 rings (SSSR count). The standard InChI is InChI=1S/C12H9BrF4N4/c1-18-9-5-10(21-11(20-9)12(15,16)17)19-8-3-2-6(13)4-7(8)14/h2-5H,1H3,(H2,18,19,20,21). The number of hydrogen-bond donors (Lipinski definition) is 2. The Labute approximate surface area is 125 Å². The highest BCUT2D eigenvalue weighted by Gasteiger charge is 2.35. The highest BCUT2D eigenvalue weighted by atomic mass is 79.9. The summed E-state index contributed by atoms with van der Waals surface area (Å²) in [6.07, 6.45) is -4.69. The second kappa shape index (κ2) is 5.84. The first-order chi connectivity index (χ1) is 9.79. The Morgan fingerprint density at radius 1 is 1.10 bits per heavy atom. The number of benzene rings is 1. The van der Waals surface area contributed by atoms with Gasteiger partial charge in [-0.1, -0.05) is 15.9 Å². The van der Waals surface area contributed by atoms with E-state index in [-0.39, 0.29) is 17.3 Å². The van der Waals surface area contributed by atoms with E-state index in [1.54, 1.807) is 6.07 Å². The molecule has 0 bridgehead atoms. The number of nitrogens with zero attached hydrogens (tertiary/aromatic N) is 2. The zero-order chi connectivity index (χ0) is 15.6. The van der Waals surface area contributed by atoms with Gasteiger partial charge in [-0.15, -0.1) is 0 Å². The van der Waals surface area contributed by atoms with Crippen LogP contribution in [0.4, 0.5) is 34.9 Å². The maximum atomic E-state index is 13.7. The number of halogens is 5. The van der Waals surface area contributed by atoms with Crippen molar-refractivity contribution in [2.24, 2.45) is 0 Å². The van der Waals surface area contributed by atoms with E-state index in [1.807, 2.05) is 0 Å². The van der Waals surface area contributed by atoms with Crippen molar-refractivity contribution in [1.29, 1.82) is 0 Å². The fourth-order valence-electron chi connectivity index (χ4n) is 1.49. The number of alkyl halides is 3. The predicted octanol–water partition coefficient (Wildman–Crippen LogP) is 4.18. The number of hydrogen-bond acceptors (Lipinski definition) is 4. The zero-order valence-electron chi connectivity index (χ0n) is 10.6. The first kappa shape index (κ1) is 15.5. The molecule has 2 N–H and O–H groups in total. The summed E-state index contributed by atoms with van der Waals surface area (Å²) in [6.45, 7) is 0. The van der Waals surface area contributed by atoms with Crippen molar-refractivity contribution in [2.45, 2.75) is 6.18 Å². The van der Waals surface area contributed by atoms with Crippen molar-refractivity contribution < 1.29 is 17.6 Å². The second-order valence-corrected chi connectivity index (χ2v) is 4.87. The lowest BCUT2D eigenvalue weighted by atomic mass is 10.3. The largest absolute Gasteiger partial charge is 0.451 e. The van der Waals surface area contributed by atoms with E-state index in [0.29, 0.717) is 4.47 Å². The van der Waals surface area contributed by atoms with Crippen molar-refractivity contribution >= 4 is 33.3 Å². The molecule has 112 valence electrons. The Morgan fingerprint density at radius 3 is 2.33 bits per heavy atom. The number of nitrogens with one attached hydrogen (secondary N) is 2. The van der Waals surface area contributed by atoms with Crippen molar-refractivity contribution in [3.05, 3.63) is 40.4 Å². The molecule has 0 radical (unpaired) electrons. The van der Waals surface area contributed by atoms with E-state index in [0.717, 1.165) is 0 Å². The van der Waals surface area contributed by atoms with Crippen LogP contribution < -0.4 is 10.6 Å². The quantitative estimate of drug-likeness (QED) is 0.802. The maximum absolute atomic E-state index is 13.7. The smallest absolute Gasteiger partial charge is 0.373 e. The van der Waals surface area contributed by atoms with E-state index >= 15 is 0 Å². The second-order valence-electron chi connectivity index (χ2n) is 3.96. The molecule has 0 atom stereocenters. The SMILES string of the molecule is CNc1cc(Nc2ccc(Br)cc2F)nc(C(F)(F)F)n1. The number of anilines is 3. The summed E-state index contributed by atoms with van der Waals surface area (Å²) in [4.78, 5) is 6.66. The Balaban J connectivity index is 2.39. The van der Waals surface area contributed by atoms with Gasteiger partial charge in [0, 0.05) is 17.6 Å². The molecule has 0 fully saturated rings. The maximum Gasteiger partial charge on any atom is 0.451 e. The lowest BCUT2D eigenvalue weighted by Gasteiger charge is -2.12. The van der Waals surface area contributed by atoms with Gasteiger partial charge in [0.05, 0.1) is 5.69 Å². The Hall–Kier alpha value is -1.90. The van der Waals surface area contributed by atoms with Crippen molar-refractivity contribution in [1.82, 2.24) is 9.97 Å². The fourth-order valence-corrected chi connectivity index (χ4v) is 1.83. The van der Waals surface area contributed by atoms with Gasteiger partial charge < -0.3 is 10.6 Å². The molecule has 21 heavy (non-hydrogen) atoms. The van der Waals surface area contributed by atoms with Crippen LogP contribution in [0, 0.1) is 5.82 Å². The summed E-state index contributed by atoms with van der Waals surface area (Å²) in [6, 6.07) is 5.37. The van der Waals surface area contributed by atoms with Gasteiger partial charge in [0.25, 0.3) is 0 Å². The third kappa shape index (κ3) is 3.81. The summed E-state index contributed by atoms with van der Waals surface area (Å²) < 4.78 is 52.3. The van der Waals surface area contributed by atoms with Crippen LogP contribution in [0.3, 0.4) is 0 Å². The number of aromatic nitrogens is 2. The summed E-state index contributed by atoms with van der Waals surface area (Å²) >= 11 is 3.09. The molecule has 1 heterocycles. The van der Waals surface area contributed by atoms with Gasteiger partial charge >= 0.3 is 6.18 Å². The summed E-state index contributed by atoms with van der Waals surface area (Å²) in [5.74, 6) is -2.13. The highest BCUT2D eigenvalue weighted by Crippen LogP contribution is 2.29. The van der Waals surface area contributed by atoms with Crippen LogP contribution >= 0.6 is 15.9 Å². The summed E-state index contributed by atoms with van der Waals surface area (Å²) in [5, 5.41) is 5.00. The zero-order valence-corrected chi connectivity index (χ0v) is 12.2. The molecule has 0 aliphatic heterocycles. The molecule has 0 saturated carbocycles. The molecule has 0 aliphatic rings. The normalized spacial score (nSPS) is 11.3. The Morgan fingerprint density at radius 2 is 1.76 bits per heavy atom. The van der Waals surface area contributed by atoms with Gasteiger partial charge in [0.1, 0.15) is 17.5 Å². The van der Waals surface area contributed by atoms with Gasteiger partial charge in [0.15, 0.2) is 0 Å². The monoisotopic (exact) mass is 364 g/mol. The molecule has 2 aromatic rings. The van der Waals surface area contributed by atoms with Crippen LogP contribution in [0.1, 0.15) is 5.82 Å². The first-order valence-electron chi connectivity index (χ1n) is 5.65. The average molecular weight is 365 g/mol. The van der Waals surface area contributed by atoms with Gasteiger partial charge in [-0.25, -0.2) is 14.4 Å². The fraction of sp³-hybridized carbons (Fsp3) is 0.167. The van der Waals surface area contributed by atoms with E-state index in [9.17, 15) is 17.6 Å². The third-order valence-corrected chi connectivity index (χ3v) is 2.92. The average Bonchev–Trinajstić information content (AvgIpc) is 2.40. The molecule has 0 saturated heterocycles. The Bertz CT molecular complexity index is 660. The van der Waals surface area contributed by atoms with Crippen molar-refractivity contribution in [3.63, 3.8) is 0 Å². The van der Waals surface area contributed by atoms with Crippen LogP contribution in [0.2, 0.25) is 0 Å². The van der Waals surface area contributed by atoms with E-state index in [1.165, 1.54) is 25.2 Å². The third-order valence-electron chi connectivity index (χ3n) is 2.43. The van der Waals surface area contributed by atoms with E-state index < -0.39 is 17.8 Å². The lowest BCUT2D eigenvalue weighted by Crippen LogP contribution is -2.13. The van der Waals surface area contributed by atoms with Gasteiger partial charge in [0.2, 0.25) is 5.82 Å². The van der Waals surface area contributed by atoms with E-state index in [2.05, 4.69) is 36.5 Å². The molecule has 0 aliphatic carbocycles. The minimum atomic E-state index is -4.69. The van der Waals surface area contributed by atoms with Gasteiger partial charge in [-0.3, -0.25) is 0 Å².